The molecule has 1 aliphatic carbocycles. The summed E-state index contributed by atoms with van der Waals surface area (Å²) in [4.78, 5) is 25.4. The molecule has 0 unspecified atom stereocenters. The van der Waals surface area contributed by atoms with Crippen LogP contribution in [-0.2, 0) is 4.79 Å². The molecule has 1 aromatic carbocycles. The molecule has 1 saturated carbocycles. The molecule has 24 heavy (non-hydrogen) atoms. The van der Waals surface area contributed by atoms with Gasteiger partial charge in [0.05, 0.1) is 23.7 Å². The highest BCUT2D eigenvalue weighted by Crippen LogP contribution is 2.23. The number of carboxylic acids is 1. The van der Waals surface area contributed by atoms with Gasteiger partial charge in [-0.05, 0) is 31.0 Å². The molecule has 3 N–H and O–H groups in total. The summed E-state index contributed by atoms with van der Waals surface area (Å²) in [7, 11) is 0. The molecule has 0 atom stereocenters. The zero-order valence-electron chi connectivity index (χ0n) is 13.5. The maximum Gasteiger partial charge on any atom is 0.337 e. The normalized spacial score (nSPS) is 15.5. The molecule has 0 spiro atoms. The van der Waals surface area contributed by atoms with E-state index in [0.29, 0.717) is 18.3 Å². The first-order valence-corrected chi connectivity index (χ1v) is 8.56. The van der Waals surface area contributed by atoms with Gasteiger partial charge in [0.25, 0.3) is 0 Å². The minimum atomic E-state index is -1.14. The number of halogens is 1. The van der Waals surface area contributed by atoms with E-state index in [1.807, 2.05) is 4.90 Å². The van der Waals surface area contributed by atoms with Gasteiger partial charge in [0.2, 0.25) is 5.91 Å². The molecule has 2 rings (SSSR count). The molecule has 7 heteroatoms. The predicted molar refractivity (Wildman–Crippen MR) is 92.6 cm³/mol. The van der Waals surface area contributed by atoms with E-state index in [2.05, 4.69) is 5.32 Å². The van der Waals surface area contributed by atoms with Gasteiger partial charge in [-0.2, -0.15) is 0 Å². The van der Waals surface area contributed by atoms with Crippen LogP contribution in [0.25, 0.3) is 0 Å². The Hall–Kier alpha value is -1.63. The minimum absolute atomic E-state index is 0.00782. The summed E-state index contributed by atoms with van der Waals surface area (Å²) in [6.07, 6.45) is 5.59. The quantitative estimate of drug-likeness (QED) is 0.700. The van der Waals surface area contributed by atoms with Crippen molar-refractivity contribution in [1.29, 1.82) is 0 Å². The Morgan fingerprint density at radius 2 is 1.96 bits per heavy atom. The van der Waals surface area contributed by atoms with E-state index >= 15 is 0 Å². The number of hydrogen-bond acceptors (Lipinski definition) is 4. The Labute approximate surface area is 146 Å². The lowest BCUT2D eigenvalue weighted by Gasteiger charge is -2.33. The van der Waals surface area contributed by atoms with Crippen molar-refractivity contribution in [1.82, 2.24) is 4.90 Å². The fourth-order valence-corrected chi connectivity index (χ4v) is 3.32. The molecule has 132 valence electrons. The lowest BCUT2D eigenvalue weighted by atomic mass is 9.94. The van der Waals surface area contributed by atoms with Gasteiger partial charge in [-0.3, -0.25) is 9.69 Å². The molecule has 1 amide bonds. The number of benzene rings is 1. The van der Waals surface area contributed by atoms with Crippen molar-refractivity contribution in [3.63, 3.8) is 0 Å². The molecule has 0 aromatic heterocycles. The number of anilines is 1. The van der Waals surface area contributed by atoms with Crippen LogP contribution >= 0.6 is 11.6 Å². The van der Waals surface area contributed by atoms with Crippen molar-refractivity contribution in [2.75, 3.05) is 25.0 Å². The summed E-state index contributed by atoms with van der Waals surface area (Å²) in [6, 6.07) is 4.69. The first-order chi connectivity index (χ1) is 11.5. The number of amides is 1. The van der Waals surface area contributed by atoms with E-state index in [1.165, 1.54) is 18.6 Å². The summed E-state index contributed by atoms with van der Waals surface area (Å²) in [5.41, 5.74) is 0.350. The van der Waals surface area contributed by atoms with Crippen molar-refractivity contribution >= 4 is 29.2 Å². The number of carbonyl (C=O) groups excluding carboxylic acids is 1. The van der Waals surface area contributed by atoms with Gasteiger partial charge in [0.1, 0.15) is 0 Å². The molecule has 1 fully saturated rings. The Balaban J connectivity index is 2.00. The molecule has 1 aromatic rings. The van der Waals surface area contributed by atoms with E-state index in [-0.39, 0.29) is 29.6 Å². The first-order valence-electron chi connectivity index (χ1n) is 8.19. The SMILES string of the molecule is O=C(CN(CCO)C1CCCCC1)Nc1ccc(Cl)c(C(=O)O)c1. The average Bonchev–Trinajstić information content (AvgIpc) is 2.57. The maximum atomic E-state index is 12.3. The highest BCUT2D eigenvalue weighted by Gasteiger charge is 2.22. The largest absolute Gasteiger partial charge is 0.478 e. The van der Waals surface area contributed by atoms with Gasteiger partial charge in [-0.1, -0.05) is 30.9 Å². The molecule has 6 nitrogen and oxygen atoms in total. The van der Waals surface area contributed by atoms with Crippen LogP contribution in [0.2, 0.25) is 5.02 Å². The van der Waals surface area contributed by atoms with Gasteiger partial charge in [0.15, 0.2) is 0 Å². The second-order valence-electron chi connectivity index (χ2n) is 6.03. The van der Waals surface area contributed by atoms with Gasteiger partial charge >= 0.3 is 5.97 Å². The van der Waals surface area contributed by atoms with Gasteiger partial charge < -0.3 is 15.5 Å². The molecule has 0 radical (unpaired) electrons. The van der Waals surface area contributed by atoms with Crippen molar-refractivity contribution < 1.29 is 19.8 Å². The van der Waals surface area contributed by atoms with E-state index in [9.17, 15) is 14.7 Å². The van der Waals surface area contributed by atoms with E-state index in [0.717, 1.165) is 25.7 Å². The summed E-state index contributed by atoms with van der Waals surface area (Å²) >= 11 is 5.83. The van der Waals surface area contributed by atoms with Crippen LogP contribution in [0.15, 0.2) is 18.2 Å². The van der Waals surface area contributed by atoms with Crippen molar-refractivity contribution in [2.24, 2.45) is 0 Å². The fraction of sp³-hybridized carbons (Fsp3) is 0.529. The number of carbonyl (C=O) groups is 2. The summed E-state index contributed by atoms with van der Waals surface area (Å²) in [6.45, 7) is 0.642. The predicted octanol–water partition coefficient (Wildman–Crippen LogP) is 2.60. The monoisotopic (exact) mass is 354 g/mol. The van der Waals surface area contributed by atoms with Crippen LogP contribution in [0.1, 0.15) is 42.5 Å². The third kappa shape index (κ3) is 5.19. The van der Waals surface area contributed by atoms with Crippen LogP contribution in [0.4, 0.5) is 5.69 Å². The van der Waals surface area contributed by atoms with Crippen LogP contribution in [-0.4, -0.2) is 52.7 Å². The van der Waals surface area contributed by atoms with E-state index in [4.69, 9.17) is 16.7 Å². The fourth-order valence-electron chi connectivity index (χ4n) is 3.12. The van der Waals surface area contributed by atoms with Crippen molar-refractivity contribution in [3.8, 4) is 0 Å². The summed E-state index contributed by atoms with van der Waals surface area (Å²) < 4.78 is 0. The summed E-state index contributed by atoms with van der Waals surface area (Å²) in [5.74, 6) is -1.37. The standard InChI is InChI=1S/C17H23ClN2O4/c18-15-7-6-12(10-14(15)17(23)24)19-16(22)11-20(8-9-21)13-4-2-1-3-5-13/h6-7,10,13,21H,1-5,8-9,11H2,(H,19,22)(H,23,24). The number of nitrogens with zero attached hydrogens (tertiary/aromatic N) is 1. The maximum absolute atomic E-state index is 12.3. The lowest BCUT2D eigenvalue weighted by Crippen LogP contribution is -2.43. The molecule has 0 bridgehead atoms. The second-order valence-corrected chi connectivity index (χ2v) is 6.44. The molecular weight excluding hydrogens is 332 g/mol. The van der Waals surface area contributed by atoms with Gasteiger partial charge in [-0.25, -0.2) is 4.79 Å². The molecular formula is C17H23ClN2O4. The van der Waals surface area contributed by atoms with Crippen LogP contribution < -0.4 is 5.32 Å². The highest BCUT2D eigenvalue weighted by atomic mass is 35.5. The average molecular weight is 355 g/mol. The second kappa shape index (κ2) is 9.01. The van der Waals surface area contributed by atoms with E-state index < -0.39 is 5.97 Å². The lowest BCUT2D eigenvalue weighted by molar-refractivity contribution is -0.118. The zero-order valence-corrected chi connectivity index (χ0v) is 14.3. The number of aliphatic hydroxyl groups is 1. The number of aromatic carboxylic acids is 1. The molecule has 0 heterocycles. The molecule has 1 aliphatic rings. The Kier molecular flexibility index (Phi) is 7.02. The van der Waals surface area contributed by atoms with Gasteiger partial charge in [0, 0.05) is 18.3 Å². The summed E-state index contributed by atoms with van der Waals surface area (Å²) in [5, 5.41) is 21.2. The number of hydrogen-bond donors (Lipinski definition) is 3. The Bertz CT molecular complexity index is 588. The Morgan fingerprint density at radius 1 is 1.25 bits per heavy atom. The highest BCUT2D eigenvalue weighted by molar-refractivity contribution is 6.33. The van der Waals surface area contributed by atoms with Crippen molar-refractivity contribution in [2.45, 2.75) is 38.1 Å². The third-order valence-electron chi connectivity index (χ3n) is 4.31. The van der Waals surface area contributed by atoms with Crippen LogP contribution in [0.5, 0.6) is 0 Å². The number of aliphatic hydroxyl groups excluding tert-OH is 1. The number of carboxylic acid groups (broad SMARTS) is 1. The molecule has 0 aliphatic heterocycles. The van der Waals surface area contributed by atoms with Crippen LogP contribution in [0.3, 0.4) is 0 Å². The van der Waals surface area contributed by atoms with Crippen LogP contribution in [0, 0.1) is 0 Å². The first kappa shape index (κ1) is 18.7. The van der Waals surface area contributed by atoms with Gasteiger partial charge in [-0.15, -0.1) is 0 Å². The number of rotatable bonds is 7. The topological polar surface area (TPSA) is 89.9 Å². The minimum Gasteiger partial charge on any atom is -0.478 e. The van der Waals surface area contributed by atoms with Crippen molar-refractivity contribution in [3.05, 3.63) is 28.8 Å². The third-order valence-corrected chi connectivity index (χ3v) is 4.64. The van der Waals surface area contributed by atoms with E-state index in [1.54, 1.807) is 6.07 Å². The Morgan fingerprint density at radius 3 is 2.58 bits per heavy atom. The zero-order chi connectivity index (χ0) is 17.5. The number of nitrogens with one attached hydrogen (secondary N) is 1. The molecule has 0 saturated heterocycles. The smallest absolute Gasteiger partial charge is 0.337 e.